The molecule has 1 amide bonds. The summed E-state index contributed by atoms with van der Waals surface area (Å²) >= 11 is 0. The lowest BCUT2D eigenvalue weighted by molar-refractivity contribution is -0.133. The van der Waals surface area contributed by atoms with Crippen LogP contribution in [-0.4, -0.2) is 66.7 Å². The first-order valence-electron chi connectivity index (χ1n) is 11.2. The maximum Gasteiger partial charge on any atom is 0.230 e. The number of rotatable bonds is 5. The second-order valence-corrected chi connectivity index (χ2v) is 10.9. The molecule has 0 aliphatic carbocycles. The van der Waals surface area contributed by atoms with Gasteiger partial charge in [-0.2, -0.15) is 5.10 Å². The number of piperazine rings is 1. The number of anilines is 1. The molecule has 168 valence electrons. The first-order valence-corrected chi connectivity index (χ1v) is 13.0. The first kappa shape index (κ1) is 21.9. The number of amides is 1. The van der Waals surface area contributed by atoms with Crippen molar-refractivity contribution in [2.75, 3.05) is 42.6 Å². The fourth-order valence-electron chi connectivity index (χ4n) is 5.04. The summed E-state index contributed by atoms with van der Waals surface area (Å²) in [6, 6.07) is 9.95. The standard InChI is InChI=1S/C23H32N4O3S/c1-4-21(19-8-6-5-7-9-19)23(28)26-13-11-25(12-14-26)22-17(2)24-27(18(22)3)20-10-15-31(29,30)16-20/h5-9,20-21H,4,10-16H2,1-3H3/t20-,21-/m1/s1. The minimum atomic E-state index is -2.96. The number of aromatic nitrogens is 2. The Bertz CT molecular complexity index is 1040. The number of aryl methyl sites for hydroxylation is 1. The van der Waals surface area contributed by atoms with Crippen molar-refractivity contribution in [3.05, 3.63) is 47.3 Å². The molecule has 2 aliphatic heterocycles. The van der Waals surface area contributed by atoms with Gasteiger partial charge in [-0.05, 0) is 32.3 Å². The van der Waals surface area contributed by atoms with Gasteiger partial charge in [-0.15, -0.1) is 0 Å². The lowest BCUT2D eigenvalue weighted by Gasteiger charge is -2.37. The molecule has 0 radical (unpaired) electrons. The van der Waals surface area contributed by atoms with Crippen LogP contribution in [0, 0.1) is 13.8 Å². The number of sulfone groups is 1. The van der Waals surface area contributed by atoms with Crippen molar-refractivity contribution in [2.24, 2.45) is 0 Å². The van der Waals surface area contributed by atoms with Crippen molar-refractivity contribution < 1.29 is 13.2 Å². The monoisotopic (exact) mass is 444 g/mol. The average molecular weight is 445 g/mol. The van der Waals surface area contributed by atoms with E-state index in [2.05, 4.69) is 11.8 Å². The highest BCUT2D eigenvalue weighted by Gasteiger charge is 2.33. The van der Waals surface area contributed by atoms with Gasteiger partial charge in [-0.25, -0.2) is 8.42 Å². The molecule has 0 N–H and O–H groups in total. The van der Waals surface area contributed by atoms with Crippen LogP contribution in [0.3, 0.4) is 0 Å². The van der Waals surface area contributed by atoms with E-state index >= 15 is 0 Å². The summed E-state index contributed by atoms with van der Waals surface area (Å²) in [5.41, 5.74) is 4.12. The zero-order valence-electron chi connectivity index (χ0n) is 18.6. The van der Waals surface area contributed by atoms with E-state index in [1.54, 1.807) is 0 Å². The molecule has 2 atom stereocenters. The summed E-state index contributed by atoms with van der Waals surface area (Å²) in [6.07, 6.45) is 1.42. The summed E-state index contributed by atoms with van der Waals surface area (Å²) in [5, 5.41) is 4.70. The number of benzene rings is 1. The number of carbonyl (C=O) groups excluding carboxylic acids is 1. The van der Waals surface area contributed by atoms with Gasteiger partial charge in [0.2, 0.25) is 5.91 Å². The third-order valence-corrected chi connectivity index (χ3v) is 8.41. The van der Waals surface area contributed by atoms with Gasteiger partial charge in [0.15, 0.2) is 9.84 Å². The van der Waals surface area contributed by atoms with E-state index in [1.165, 1.54) is 0 Å². The highest BCUT2D eigenvalue weighted by molar-refractivity contribution is 7.91. The van der Waals surface area contributed by atoms with Crippen LogP contribution in [0.4, 0.5) is 5.69 Å². The second kappa shape index (κ2) is 8.65. The largest absolute Gasteiger partial charge is 0.365 e. The maximum absolute atomic E-state index is 13.2. The molecule has 4 rings (SSSR count). The molecule has 31 heavy (non-hydrogen) atoms. The Balaban J connectivity index is 1.45. The van der Waals surface area contributed by atoms with Crippen LogP contribution in [0.5, 0.6) is 0 Å². The van der Waals surface area contributed by atoms with Gasteiger partial charge in [-0.1, -0.05) is 37.3 Å². The molecule has 2 fully saturated rings. The van der Waals surface area contributed by atoms with Gasteiger partial charge in [0.1, 0.15) is 0 Å². The van der Waals surface area contributed by atoms with Gasteiger partial charge in [0.25, 0.3) is 0 Å². The third-order valence-electron chi connectivity index (χ3n) is 6.66. The van der Waals surface area contributed by atoms with Crippen LogP contribution >= 0.6 is 0 Å². The summed E-state index contributed by atoms with van der Waals surface area (Å²) in [5.74, 6) is 0.526. The van der Waals surface area contributed by atoms with Crippen molar-refractivity contribution in [1.29, 1.82) is 0 Å². The third kappa shape index (κ3) is 4.35. The molecule has 2 aromatic rings. The van der Waals surface area contributed by atoms with E-state index in [0.29, 0.717) is 19.5 Å². The number of hydrogen-bond donors (Lipinski definition) is 0. The van der Waals surface area contributed by atoms with Crippen molar-refractivity contribution in [3.8, 4) is 0 Å². The Labute approximate surface area is 184 Å². The Morgan fingerprint density at radius 1 is 1.13 bits per heavy atom. The first-order chi connectivity index (χ1) is 14.8. The zero-order valence-corrected chi connectivity index (χ0v) is 19.4. The zero-order chi connectivity index (χ0) is 22.2. The predicted octanol–water partition coefficient (Wildman–Crippen LogP) is 2.70. The van der Waals surface area contributed by atoms with Gasteiger partial charge >= 0.3 is 0 Å². The molecule has 0 bridgehead atoms. The van der Waals surface area contributed by atoms with Crippen LogP contribution in [0.1, 0.15) is 48.7 Å². The van der Waals surface area contributed by atoms with E-state index in [0.717, 1.165) is 42.1 Å². The van der Waals surface area contributed by atoms with E-state index < -0.39 is 9.84 Å². The smallest absolute Gasteiger partial charge is 0.230 e. The van der Waals surface area contributed by atoms with Gasteiger partial charge in [0.05, 0.1) is 40.5 Å². The second-order valence-electron chi connectivity index (χ2n) is 8.70. The van der Waals surface area contributed by atoms with Crippen LogP contribution in [0.15, 0.2) is 30.3 Å². The number of carbonyl (C=O) groups is 1. The van der Waals surface area contributed by atoms with Crippen LogP contribution in [-0.2, 0) is 14.6 Å². The van der Waals surface area contributed by atoms with Crippen LogP contribution in [0.2, 0.25) is 0 Å². The summed E-state index contributed by atoms with van der Waals surface area (Å²) in [4.78, 5) is 17.5. The predicted molar refractivity (Wildman–Crippen MR) is 122 cm³/mol. The number of nitrogens with zero attached hydrogens (tertiary/aromatic N) is 4. The quantitative estimate of drug-likeness (QED) is 0.709. The summed E-state index contributed by atoms with van der Waals surface area (Å²) in [6.45, 7) is 8.97. The van der Waals surface area contributed by atoms with E-state index in [1.807, 2.05) is 53.8 Å². The highest BCUT2D eigenvalue weighted by Crippen LogP contribution is 2.32. The number of hydrogen-bond acceptors (Lipinski definition) is 5. The fourth-order valence-corrected chi connectivity index (χ4v) is 6.74. The molecule has 1 aromatic heterocycles. The normalized spacial score (nSPS) is 22.0. The van der Waals surface area contributed by atoms with Gasteiger partial charge < -0.3 is 9.80 Å². The summed E-state index contributed by atoms with van der Waals surface area (Å²) < 4.78 is 25.7. The van der Waals surface area contributed by atoms with Gasteiger partial charge in [-0.3, -0.25) is 9.48 Å². The Kier molecular flexibility index (Phi) is 6.10. The minimum absolute atomic E-state index is 0.0727. The van der Waals surface area contributed by atoms with Gasteiger partial charge in [0, 0.05) is 26.2 Å². The SMILES string of the molecule is CC[C@@H](C(=O)N1CCN(c2c(C)nn([C@@H]3CCS(=O)(=O)C3)c2C)CC1)c1ccccc1. The molecule has 0 saturated carbocycles. The molecule has 3 heterocycles. The molecule has 8 heteroatoms. The van der Waals surface area contributed by atoms with Crippen molar-refractivity contribution in [3.63, 3.8) is 0 Å². The topological polar surface area (TPSA) is 75.5 Å². The van der Waals surface area contributed by atoms with Crippen molar-refractivity contribution in [2.45, 2.75) is 45.6 Å². The molecule has 0 unspecified atom stereocenters. The Morgan fingerprint density at radius 3 is 2.39 bits per heavy atom. The Hall–Kier alpha value is -2.35. The van der Waals surface area contributed by atoms with Crippen LogP contribution < -0.4 is 4.90 Å². The van der Waals surface area contributed by atoms with Crippen LogP contribution in [0.25, 0.3) is 0 Å². The van der Waals surface area contributed by atoms with E-state index in [-0.39, 0.29) is 29.4 Å². The molecular weight excluding hydrogens is 412 g/mol. The van der Waals surface area contributed by atoms with E-state index in [9.17, 15) is 13.2 Å². The molecule has 0 spiro atoms. The lowest BCUT2D eigenvalue weighted by Crippen LogP contribution is -2.50. The average Bonchev–Trinajstić information content (AvgIpc) is 3.27. The van der Waals surface area contributed by atoms with Crippen molar-refractivity contribution >= 4 is 21.4 Å². The Morgan fingerprint density at radius 2 is 1.81 bits per heavy atom. The molecule has 2 saturated heterocycles. The molecular formula is C23H32N4O3S. The lowest BCUT2D eigenvalue weighted by atomic mass is 9.95. The highest BCUT2D eigenvalue weighted by atomic mass is 32.2. The molecule has 7 nitrogen and oxygen atoms in total. The molecule has 1 aromatic carbocycles. The van der Waals surface area contributed by atoms with Crippen molar-refractivity contribution in [1.82, 2.24) is 14.7 Å². The fraction of sp³-hybridized carbons (Fsp3) is 0.565. The minimum Gasteiger partial charge on any atom is -0.365 e. The molecule has 2 aliphatic rings. The summed E-state index contributed by atoms with van der Waals surface area (Å²) in [7, 11) is -2.96. The maximum atomic E-state index is 13.2. The van der Waals surface area contributed by atoms with E-state index in [4.69, 9.17) is 5.10 Å².